The van der Waals surface area contributed by atoms with Crippen LogP contribution in [0.15, 0.2) is 200 Å². The van der Waals surface area contributed by atoms with E-state index in [1.54, 1.807) is 13.0 Å². The molecular weight excluding hydrogens is 784 g/mol. The van der Waals surface area contributed by atoms with E-state index in [4.69, 9.17) is 0 Å². The van der Waals surface area contributed by atoms with Crippen LogP contribution in [0.1, 0.15) is 16.7 Å². The number of hydrogen-bond acceptors (Lipinski definition) is 1. The number of aromatic nitrogens is 2. The van der Waals surface area contributed by atoms with Gasteiger partial charge in [0.05, 0.1) is 50.6 Å². The molecule has 2 heterocycles. The van der Waals surface area contributed by atoms with Gasteiger partial charge in [0.25, 0.3) is 0 Å². The minimum atomic E-state index is -4.46. The van der Waals surface area contributed by atoms with Gasteiger partial charge in [-0.2, -0.15) is 18.4 Å². The second-order valence-corrected chi connectivity index (χ2v) is 16.0. The molecule has 9 aromatic carbocycles. The average Bonchev–Trinajstić information content (AvgIpc) is 3.83. The zero-order chi connectivity index (χ0) is 42.8. The molecule has 11 rings (SSSR count). The topological polar surface area (TPSA) is 33.6 Å². The number of alkyl halides is 3. The van der Waals surface area contributed by atoms with Gasteiger partial charge in [-0.05, 0) is 119 Å². The van der Waals surface area contributed by atoms with Crippen molar-refractivity contribution in [3.63, 3.8) is 0 Å². The Bertz CT molecular complexity index is 3630. The highest BCUT2D eigenvalue weighted by Gasteiger charge is 2.31. The van der Waals surface area contributed by atoms with E-state index >= 15 is 0 Å². The number of benzene rings is 9. The van der Waals surface area contributed by atoms with Gasteiger partial charge in [-0.25, -0.2) is 0 Å². The van der Waals surface area contributed by atoms with Crippen LogP contribution in [0.4, 0.5) is 13.2 Å². The van der Waals surface area contributed by atoms with Gasteiger partial charge in [-0.1, -0.05) is 127 Å². The molecule has 0 atom stereocenters. The number of hydrogen-bond donors (Lipinski definition) is 0. The van der Waals surface area contributed by atoms with E-state index in [1.807, 2.05) is 78.9 Å². The van der Waals surface area contributed by atoms with E-state index in [0.29, 0.717) is 16.7 Å². The fourth-order valence-electron chi connectivity index (χ4n) is 9.38. The SMILES string of the molecule is Cc1cc(C(F)(F)F)ccc1-c1ccc(-n2c3ccccc3c3cc(-c4ccccc4)ccc32)c(-c2ccc(C#N)cc2-n2c3ccccc3c3cc(-c4ccccc4)ccc32)c1. The number of aryl methyl sites for hydroxylation is 1. The van der Waals surface area contributed by atoms with Crippen LogP contribution in [-0.2, 0) is 6.18 Å². The lowest BCUT2D eigenvalue weighted by Gasteiger charge is -2.20. The van der Waals surface area contributed by atoms with Crippen LogP contribution in [-0.4, -0.2) is 9.13 Å². The number of nitrogens with zero attached hydrogens (tertiary/aromatic N) is 3. The smallest absolute Gasteiger partial charge is 0.309 e. The highest BCUT2D eigenvalue weighted by atomic mass is 19.4. The first-order chi connectivity index (χ1) is 30.7. The molecule has 0 aliphatic heterocycles. The molecule has 0 aliphatic rings. The first-order valence-corrected chi connectivity index (χ1v) is 20.8. The van der Waals surface area contributed by atoms with E-state index in [9.17, 15) is 18.4 Å². The zero-order valence-corrected chi connectivity index (χ0v) is 34.0. The molecule has 0 saturated carbocycles. The molecule has 0 unspecified atom stereocenters. The normalized spacial score (nSPS) is 11.8. The van der Waals surface area contributed by atoms with Crippen molar-refractivity contribution in [2.45, 2.75) is 13.1 Å². The molecule has 0 fully saturated rings. The fraction of sp³-hybridized carbons (Fsp3) is 0.0351. The lowest BCUT2D eigenvalue weighted by atomic mass is 9.92. The van der Waals surface area contributed by atoms with Crippen LogP contribution in [0.3, 0.4) is 0 Å². The summed E-state index contributed by atoms with van der Waals surface area (Å²) in [7, 11) is 0. The maximum absolute atomic E-state index is 13.9. The lowest BCUT2D eigenvalue weighted by Crippen LogP contribution is -2.05. The van der Waals surface area contributed by atoms with Gasteiger partial charge in [0.2, 0.25) is 0 Å². The summed E-state index contributed by atoms with van der Waals surface area (Å²) < 4.78 is 46.3. The van der Waals surface area contributed by atoms with Crippen LogP contribution < -0.4 is 0 Å². The Balaban J connectivity index is 1.21. The summed E-state index contributed by atoms with van der Waals surface area (Å²) in [5.41, 5.74) is 13.7. The number of halogens is 3. The number of fused-ring (bicyclic) bond motifs is 6. The van der Waals surface area contributed by atoms with E-state index in [1.165, 1.54) is 6.07 Å². The molecular formula is C57H36F3N3. The van der Waals surface area contributed by atoms with E-state index in [2.05, 4.69) is 118 Å². The minimum absolute atomic E-state index is 0.502. The van der Waals surface area contributed by atoms with Crippen molar-refractivity contribution >= 4 is 43.6 Å². The fourth-order valence-corrected chi connectivity index (χ4v) is 9.38. The molecule has 63 heavy (non-hydrogen) atoms. The van der Waals surface area contributed by atoms with Crippen LogP contribution in [0, 0.1) is 18.3 Å². The van der Waals surface area contributed by atoms with Crippen molar-refractivity contribution in [3.8, 4) is 62.0 Å². The van der Waals surface area contributed by atoms with Crippen molar-refractivity contribution in [2.24, 2.45) is 0 Å². The first-order valence-electron chi connectivity index (χ1n) is 20.8. The summed E-state index contributed by atoms with van der Waals surface area (Å²) in [6.45, 7) is 1.73. The molecule has 0 amide bonds. The predicted molar refractivity (Wildman–Crippen MR) is 251 cm³/mol. The van der Waals surface area contributed by atoms with Crippen LogP contribution in [0.25, 0.3) is 99.5 Å². The lowest BCUT2D eigenvalue weighted by molar-refractivity contribution is -0.137. The van der Waals surface area contributed by atoms with Gasteiger partial charge in [-0.15, -0.1) is 0 Å². The standard InChI is InChI=1S/C57H36F3N3/c1-36-30-43(57(58,59)60)24-26-44(36)42-23-29-54(62-51-18-10-8-16-45(51)48-32-40(21-27-53(48)62)38-12-4-2-5-13-38)50(34-42)47-25-20-37(35-61)31-56(47)63-52-19-11-9-17-46(52)49-33-41(22-28-55(49)63)39-14-6-3-7-15-39/h2-34H,1H3. The predicted octanol–water partition coefficient (Wildman–Crippen LogP) is 15.7. The first kappa shape index (κ1) is 37.8. The van der Waals surface area contributed by atoms with Crippen LogP contribution in [0.2, 0.25) is 0 Å². The molecule has 11 aromatic rings. The van der Waals surface area contributed by atoms with Gasteiger partial charge in [0.15, 0.2) is 0 Å². The molecule has 2 aromatic heterocycles. The number of para-hydroxylation sites is 2. The molecule has 0 radical (unpaired) electrons. The largest absolute Gasteiger partial charge is 0.416 e. The van der Waals surface area contributed by atoms with Crippen molar-refractivity contribution < 1.29 is 13.2 Å². The van der Waals surface area contributed by atoms with E-state index in [-0.39, 0.29) is 0 Å². The Hall–Kier alpha value is -8.14. The highest BCUT2D eigenvalue weighted by Crippen LogP contribution is 2.44. The van der Waals surface area contributed by atoms with Crippen molar-refractivity contribution in [1.82, 2.24) is 9.13 Å². The quantitative estimate of drug-likeness (QED) is 0.165. The maximum atomic E-state index is 13.9. The van der Waals surface area contributed by atoms with Gasteiger partial charge in [0.1, 0.15) is 0 Å². The summed E-state index contributed by atoms with van der Waals surface area (Å²) in [6, 6.07) is 68.8. The molecule has 0 bridgehead atoms. The van der Waals surface area contributed by atoms with Crippen molar-refractivity contribution in [2.75, 3.05) is 0 Å². The summed E-state index contributed by atoms with van der Waals surface area (Å²) in [4.78, 5) is 0. The molecule has 0 N–H and O–H groups in total. The van der Waals surface area contributed by atoms with Gasteiger partial charge < -0.3 is 9.13 Å². The molecule has 6 heteroatoms. The minimum Gasteiger partial charge on any atom is -0.309 e. The molecule has 0 saturated heterocycles. The highest BCUT2D eigenvalue weighted by molar-refractivity contribution is 6.13. The Morgan fingerprint density at radius 3 is 1.46 bits per heavy atom. The third-order valence-electron chi connectivity index (χ3n) is 12.3. The molecule has 300 valence electrons. The van der Waals surface area contributed by atoms with Crippen molar-refractivity contribution in [3.05, 3.63) is 217 Å². The Kier molecular flexibility index (Phi) is 8.88. The summed E-state index contributed by atoms with van der Waals surface area (Å²) in [6.07, 6.45) is -4.46. The summed E-state index contributed by atoms with van der Waals surface area (Å²) in [5, 5.41) is 14.8. The summed E-state index contributed by atoms with van der Waals surface area (Å²) in [5.74, 6) is 0. The Labute approximate surface area is 361 Å². The third kappa shape index (κ3) is 6.36. The second kappa shape index (κ2) is 14.8. The molecule has 0 aliphatic carbocycles. The van der Waals surface area contributed by atoms with Crippen LogP contribution >= 0.6 is 0 Å². The average molecular weight is 820 g/mol. The van der Waals surface area contributed by atoms with Crippen LogP contribution in [0.5, 0.6) is 0 Å². The second-order valence-electron chi connectivity index (χ2n) is 16.0. The molecule has 3 nitrogen and oxygen atoms in total. The maximum Gasteiger partial charge on any atom is 0.416 e. The zero-order valence-electron chi connectivity index (χ0n) is 34.0. The third-order valence-corrected chi connectivity index (χ3v) is 12.3. The number of nitriles is 1. The van der Waals surface area contributed by atoms with Gasteiger partial charge in [-0.3, -0.25) is 0 Å². The Morgan fingerprint density at radius 1 is 0.397 bits per heavy atom. The van der Waals surface area contributed by atoms with E-state index < -0.39 is 11.7 Å². The van der Waals surface area contributed by atoms with Gasteiger partial charge in [0, 0.05) is 32.7 Å². The van der Waals surface area contributed by atoms with Crippen molar-refractivity contribution in [1.29, 1.82) is 5.26 Å². The monoisotopic (exact) mass is 819 g/mol. The Morgan fingerprint density at radius 2 is 0.905 bits per heavy atom. The van der Waals surface area contributed by atoms with Gasteiger partial charge >= 0.3 is 6.18 Å². The van der Waals surface area contributed by atoms with E-state index in [0.717, 1.165) is 100.0 Å². The summed E-state index contributed by atoms with van der Waals surface area (Å²) >= 11 is 0. The number of rotatable bonds is 6. The molecule has 0 spiro atoms.